The van der Waals surface area contributed by atoms with Crippen molar-refractivity contribution < 1.29 is 9.53 Å². The number of carbonyl (C=O) groups is 1. The molecule has 1 aliphatic rings. The summed E-state index contributed by atoms with van der Waals surface area (Å²) in [7, 11) is 1.61. The number of rotatable bonds is 4. The third-order valence-corrected chi connectivity index (χ3v) is 6.60. The summed E-state index contributed by atoms with van der Waals surface area (Å²) in [6, 6.07) is 14.9. The van der Waals surface area contributed by atoms with Crippen LogP contribution in [0.25, 0.3) is 11.8 Å². The number of halogens is 2. The van der Waals surface area contributed by atoms with Gasteiger partial charge in [0.1, 0.15) is 5.75 Å². The standard InChI is InChI=1S/C23H19Cl2N3O2S/c1-13-11-15(14(2)28(13)19-6-4-5-18(24)21(19)25)12-20-22(29)27-23(31-20)26-16-7-9-17(30-3)10-8-16/h4-12H,1-3H3,(H,26,27,29)/b20-12+. The number of aromatic nitrogens is 1. The lowest BCUT2D eigenvalue weighted by Crippen LogP contribution is -2.19. The molecule has 5 nitrogen and oxygen atoms in total. The van der Waals surface area contributed by atoms with Crippen molar-refractivity contribution in [1.82, 2.24) is 9.88 Å². The minimum atomic E-state index is -0.178. The number of hydrogen-bond acceptors (Lipinski definition) is 4. The molecule has 2 aromatic carbocycles. The monoisotopic (exact) mass is 471 g/mol. The second kappa shape index (κ2) is 8.83. The Kier molecular flexibility index (Phi) is 6.14. The van der Waals surface area contributed by atoms with Crippen molar-refractivity contribution in [2.24, 2.45) is 4.99 Å². The molecule has 1 amide bonds. The molecule has 0 radical (unpaired) electrons. The minimum absolute atomic E-state index is 0.178. The van der Waals surface area contributed by atoms with Crippen molar-refractivity contribution in [2.45, 2.75) is 13.8 Å². The van der Waals surface area contributed by atoms with Gasteiger partial charge in [-0.1, -0.05) is 29.3 Å². The molecule has 1 N–H and O–H groups in total. The largest absolute Gasteiger partial charge is 0.497 e. The highest BCUT2D eigenvalue weighted by Crippen LogP contribution is 2.34. The summed E-state index contributed by atoms with van der Waals surface area (Å²) in [5.41, 5.74) is 4.42. The molecule has 1 aliphatic heterocycles. The molecule has 1 aromatic heterocycles. The topological polar surface area (TPSA) is 55.6 Å². The number of carbonyl (C=O) groups excluding carboxylic acids is 1. The van der Waals surface area contributed by atoms with E-state index in [0.29, 0.717) is 20.1 Å². The van der Waals surface area contributed by atoms with Gasteiger partial charge in [0.2, 0.25) is 0 Å². The van der Waals surface area contributed by atoms with Gasteiger partial charge in [-0.25, -0.2) is 4.99 Å². The van der Waals surface area contributed by atoms with Gasteiger partial charge in [0.25, 0.3) is 5.91 Å². The molecule has 0 atom stereocenters. The van der Waals surface area contributed by atoms with Gasteiger partial charge in [-0.2, -0.15) is 0 Å². The van der Waals surface area contributed by atoms with Crippen molar-refractivity contribution in [1.29, 1.82) is 0 Å². The van der Waals surface area contributed by atoms with E-state index in [0.717, 1.165) is 34.1 Å². The van der Waals surface area contributed by atoms with E-state index in [2.05, 4.69) is 10.3 Å². The second-order valence-corrected chi connectivity index (χ2v) is 8.73. The van der Waals surface area contributed by atoms with Crippen LogP contribution in [0.4, 0.5) is 5.69 Å². The zero-order valence-corrected chi connectivity index (χ0v) is 19.4. The number of nitrogens with one attached hydrogen (secondary N) is 1. The summed E-state index contributed by atoms with van der Waals surface area (Å²) in [5, 5.41) is 4.34. The molecule has 3 aromatic rings. The van der Waals surface area contributed by atoms with E-state index in [1.54, 1.807) is 13.2 Å². The van der Waals surface area contributed by atoms with E-state index in [1.807, 2.05) is 67.0 Å². The summed E-state index contributed by atoms with van der Waals surface area (Å²) in [5.74, 6) is 0.575. The zero-order chi connectivity index (χ0) is 22.1. The van der Waals surface area contributed by atoms with Crippen molar-refractivity contribution in [3.05, 3.63) is 80.4 Å². The third kappa shape index (κ3) is 4.37. The maximum atomic E-state index is 12.5. The number of thioether (sulfide) groups is 1. The molecular weight excluding hydrogens is 453 g/mol. The van der Waals surface area contributed by atoms with Crippen molar-refractivity contribution in [3.8, 4) is 11.4 Å². The van der Waals surface area contributed by atoms with Crippen LogP contribution >= 0.6 is 35.0 Å². The van der Waals surface area contributed by atoms with E-state index < -0.39 is 0 Å². The number of aryl methyl sites for hydroxylation is 1. The van der Waals surface area contributed by atoms with Gasteiger partial charge in [-0.15, -0.1) is 0 Å². The predicted octanol–water partition coefficient (Wildman–Crippen LogP) is 6.30. The van der Waals surface area contributed by atoms with Gasteiger partial charge in [0.15, 0.2) is 5.17 Å². The van der Waals surface area contributed by atoms with Crippen LogP contribution in [0, 0.1) is 13.8 Å². The molecule has 8 heteroatoms. The summed E-state index contributed by atoms with van der Waals surface area (Å²) >= 11 is 13.9. The number of amidine groups is 1. The fraction of sp³-hybridized carbons (Fsp3) is 0.130. The SMILES string of the molecule is COc1ccc(N=C2NC(=O)/C(=C\c3cc(C)n(-c4cccc(Cl)c4Cl)c3C)S2)cc1. The maximum absolute atomic E-state index is 12.5. The van der Waals surface area contributed by atoms with Crippen LogP contribution < -0.4 is 10.1 Å². The zero-order valence-electron chi connectivity index (χ0n) is 17.1. The van der Waals surface area contributed by atoms with E-state index >= 15 is 0 Å². The summed E-state index contributed by atoms with van der Waals surface area (Å²) < 4.78 is 7.19. The van der Waals surface area contributed by atoms with E-state index in [-0.39, 0.29) is 5.91 Å². The van der Waals surface area contributed by atoms with Crippen LogP contribution in [0.3, 0.4) is 0 Å². The fourth-order valence-electron chi connectivity index (χ4n) is 3.37. The summed E-state index contributed by atoms with van der Waals surface area (Å²) in [6.07, 6.45) is 1.87. The molecule has 158 valence electrons. The van der Waals surface area contributed by atoms with E-state index in [9.17, 15) is 4.79 Å². The van der Waals surface area contributed by atoms with Crippen molar-refractivity contribution in [3.63, 3.8) is 0 Å². The van der Waals surface area contributed by atoms with Crippen LogP contribution in [0.5, 0.6) is 5.75 Å². The molecule has 0 unspecified atom stereocenters. The molecule has 1 fully saturated rings. The Labute approximate surface area is 194 Å². The van der Waals surface area contributed by atoms with Crippen molar-refractivity contribution in [2.75, 3.05) is 7.11 Å². The predicted molar refractivity (Wildman–Crippen MR) is 129 cm³/mol. The lowest BCUT2D eigenvalue weighted by molar-refractivity contribution is -0.115. The van der Waals surface area contributed by atoms with E-state index in [1.165, 1.54) is 11.8 Å². The molecule has 0 bridgehead atoms. The van der Waals surface area contributed by atoms with Gasteiger partial charge in [-0.05, 0) is 79.7 Å². The van der Waals surface area contributed by atoms with Crippen LogP contribution in [-0.4, -0.2) is 22.8 Å². The summed E-state index contributed by atoms with van der Waals surface area (Å²) in [6.45, 7) is 3.98. The summed E-state index contributed by atoms with van der Waals surface area (Å²) in [4.78, 5) is 17.6. The molecular formula is C23H19Cl2N3O2S. The molecule has 1 saturated heterocycles. The maximum Gasteiger partial charge on any atom is 0.264 e. The minimum Gasteiger partial charge on any atom is -0.497 e. The quantitative estimate of drug-likeness (QED) is 0.454. The first-order chi connectivity index (χ1) is 14.9. The number of benzene rings is 2. The third-order valence-electron chi connectivity index (χ3n) is 4.88. The van der Waals surface area contributed by atoms with Gasteiger partial charge < -0.3 is 14.6 Å². The number of amides is 1. The molecule has 2 heterocycles. The number of hydrogen-bond donors (Lipinski definition) is 1. The number of methoxy groups -OCH3 is 1. The van der Waals surface area contributed by atoms with Gasteiger partial charge in [0.05, 0.1) is 33.4 Å². The lowest BCUT2D eigenvalue weighted by atomic mass is 10.2. The first-order valence-corrected chi connectivity index (χ1v) is 11.0. The number of nitrogens with zero attached hydrogens (tertiary/aromatic N) is 2. The number of aliphatic imine (C=N–C) groups is 1. The Morgan fingerprint density at radius 2 is 1.87 bits per heavy atom. The van der Waals surface area contributed by atoms with Gasteiger partial charge in [0, 0.05) is 11.4 Å². The molecule has 4 rings (SSSR count). The lowest BCUT2D eigenvalue weighted by Gasteiger charge is -2.12. The van der Waals surface area contributed by atoms with Gasteiger partial charge in [-0.3, -0.25) is 4.79 Å². The van der Waals surface area contributed by atoms with Crippen LogP contribution in [0.15, 0.2) is 58.4 Å². The average Bonchev–Trinajstić information content (AvgIpc) is 3.23. The van der Waals surface area contributed by atoms with Crippen LogP contribution in [-0.2, 0) is 4.79 Å². The Morgan fingerprint density at radius 3 is 2.58 bits per heavy atom. The molecule has 0 aliphatic carbocycles. The Balaban J connectivity index is 1.64. The smallest absolute Gasteiger partial charge is 0.264 e. The highest BCUT2D eigenvalue weighted by molar-refractivity contribution is 8.18. The highest BCUT2D eigenvalue weighted by atomic mass is 35.5. The molecule has 0 spiro atoms. The number of ether oxygens (including phenoxy) is 1. The Hall–Kier alpha value is -2.67. The Morgan fingerprint density at radius 1 is 1.13 bits per heavy atom. The van der Waals surface area contributed by atoms with Crippen LogP contribution in [0.2, 0.25) is 10.0 Å². The van der Waals surface area contributed by atoms with E-state index in [4.69, 9.17) is 27.9 Å². The van der Waals surface area contributed by atoms with Crippen LogP contribution in [0.1, 0.15) is 17.0 Å². The molecule has 31 heavy (non-hydrogen) atoms. The second-order valence-electron chi connectivity index (χ2n) is 6.91. The highest BCUT2D eigenvalue weighted by Gasteiger charge is 2.25. The fourth-order valence-corrected chi connectivity index (χ4v) is 4.58. The normalized spacial score (nSPS) is 16.2. The first-order valence-electron chi connectivity index (χ1n) is 9.44. The Bertz CT molecular complexity index is 1230. The molecule has 0 saturated carbocycles. The van der Waals surface area contributed by atoms with Gasteiger partial charge >= 0.3 is 0 Å². The van der Waals surface area contributed by atoms with Crippen molar-refractivity contribution >= 4 is 57.8 Å². The average molecular weight is 472 g/mol. The first kappa shape index (κ1) is 21.6.